The van der Waals surface area contributed by atoms with E-state index in [1.54, 1.807) is 24.3 Å². The molecule has 7 nitrogen and oxygen atoms in total. The number of aliphatic hydroxyl groups excluding tert-OH is 1. The molecule has 1 aliphatic rings. The van der Waals surface area contributed by atoms with E-state index >= 15 is 0 Å². The van der Waals surface area contributed by atoms with Crippen molar-refractivity contribution >= 4 is 27.3 Å². The van der Waals surface area contributed by atoms with E-state index in [0.29, 0.717) is 36.2 Å². The van der Waals surface area contributed by atoms with E-state index in [0.717, 1.165) is 18.4 Å². The lowest BCUT2D eigenvalue weighted by Gasteiger charge is -2.34. The Hall–Kier alpha value is -1.84. The molecule has 164 valence electrons. The number of morpholine rings is 1. The van der Waals surface area contributed by atoms with Crippen molar-refractivity contribution in [3.8, 4) is 5.75 Å². The summed E-state index contributed by atoms with van der Waals surface area (Å²) in [4.78, 5) is 2.15. The average molecular weight is 455 g/mol. The van der Waals surface area contributed by atoms with Gasteiger partial charge in [0.1, 0.15) is 18.5 Å². The first kappa shape index (κ1) is 22.8. The lowest BCUT2D eigenvalue weighted by Crippen LogP contribution is -2.43. The highest BCUT2D eigenvalue weighted by molar-refractivity contribution is 7.92. The molecule has 0 aliphatic carbocycles. The first-order valence-electron chi connectivity index (χ1n) is 9.66. The van der Waals surface area contributed by atoms with Gasteiger partial charge in [-0.2, -0.15) is 0 Å². The van der Waals surface area contributed by atoms with Gasteiger partial charge in [-0.05, 0) is 42.0 Å². The zero-order valence-electron chi connectivity index (χ0n) is 17.1. The number of halogens is 1. The number of anilines is 1. The van der Waals surface area contributed by atoms with Crippen LogP contribution in [-0.4, -0.2) is 70.7 Å². The van der Waals surface area contributed by atoms with Crippen molar-refractivity contribution in [2.24, 2.45) is 0 Å². The van der Waals surface area contributed by atoms with Crippen molar-refractivity contribution in [3.63, 3.8) is 0 Å². The molecule has 0 radical (unpaired) electrons. The first-order chi connectivity index (χ1) is 14.2. The Morgan fingerprint density at radius 1 is 1.30 bits per heavy atom. The van der Waals surface area contributed by atoms with Crippen molar-refractivity contribution in [2.75, 3.05) is 50.5 Å². The zero-order chi connectivity index (χ0) is 21.7. The molecule has 30 heavy (non-hydrogen) atoms. The molecule has 2 aromatic carbocycles. The molecule has 9 heteroatoms. The second kappa shape index (κ2) is 9.98. The lowest BCUT2D eigenvalue weighted by atomic mass is 10.1. The van der Waals surface area contributed by atoms with Gasteiger partial charge in [-0.1, -0.05) is 23.7 Å². The van der Waals surface area contributed by atoms with E-state index in [9.17, 15) is 13.5 Å². The van der Waals surface area contributed by atoms with E-state index < -0.39 is 16.1 Å². The summed E-state index contributed by atoms with van der Waals surface area (Å²) in [6.45, 7) is 2.60. The number of hydrogen-bond donors (Lipinski definition) is 1. The Morgan fingerprint density at radius 2 is 2.03 bits per heavy atom. The highest BCUT2D eigenvalue weighted by atomic mass is 35.5. The molecule has 0 unspecified atom stereocenters. The number of benzene rings is 2. The van der Waals surface area contributed by atoms with Crippen LogP contribution < -0.4 is 9.04 Å². The van der Waals surface area contributed by atoms with Gasteiger partial charge < -0.3 is 14.6 Å². The largest absolute Gasteiger partial charge is 0.491 e. The predicted octanol–water partition coefficient (Wildman–Crippen LogP) is 2.55. The molecule has 3 rings (SSSR count). The van der Waals surface area contributed by atoms with Crippen molar-refractivity contribution in [1.29, 1.82) is 0 Å². The molecule has 1 heterocycles. The molecule has 0 aromatic heterocycles. The van der Waals surface area contributed by atoms with Gasteiger partial charge >= 0.3 is 0 Å². The van der Waals surface area contributed by atoms with Crippen LogP contribution in [0.15, 0.2) is 48.5 Å². The lowest BCUT2D eigenvalue weighted by molar-refractivity contribution is -0.0459. The topological polar surface area (TPSA) is 79.3 Å². The van der Waals surface area contributed by atoms with Gasteiger partial charge in [-0.25, -0.2) is 8.42 Å². The molecule has 1 saturated heterocycles. The maximum absolute atomic E-state index is 11.6. The summed E-state index contributed by atoms with van der Waals surface area (Å²) in [7, 11) is -1.81. The summed E-state index contributed by atoms with van der Waals surface area (Å²) >= 11 is 6.08. The van der Waals surface area contributed by atoms with E-state index in [2.05, 4.69) is 4.90 Å². The summed E-state index contributed by atoms with van der Waals surface area (Å²) in [6, 6.07) is 14.3. The molecule has 1 aliphatic heterocycles. The fraction of sp³-hybridized carbons (Fsp3) is 0.429. The van der Waals surface area contributed by atoms with Crippen LogP contribution in [0.2, 0.25) is 5.02 Å². The summed E-state index contributed by atoms with van der Waals surface area (Å²) in [5.74, 6) is 0.568. The number of nitrogens with zero attached hydrogens (tertiary/aromatic N) is 2. The number of rotatable bonds is 8. The quantitative estimate of drug-likeness (QED) is 0.660. The average Bonchev–Trinajstić information content (AvgIpc) is 2.72. The molecule has 0 spiro atoms. The third-order valence-electron chi connectivity index (χ3n) is 4.98. The third-order valence-corrected chi connectivity index (χ3v) is 6.42. The van der Waals surface area contributed by atoms with E-state index in [1.807, 2.05) is 24.3 Å². The van der Waals surface area contributed by atoms with Gasteiger partial charge in [0.2, 0.25) is 10.0 Å². The molecule has 0 amide bonds. The maximum Gasteiger partial charge on any atom is 0.231 e. The minimum atomic E-state index is -3.31. The Kier molecular flexibility index (Phi) is 7.60. The van der Waals surface area contributed by atoms with Crippen molar-refractivity contribution in [3.05, 3.63) is 59.1 Å². The third kappa shape index (κ3) is 6.33. The number of aliphatic hydroxyl groups is 1. The summed E-state index contributed by atoms with van der Waals surface area (Å²) in [5, 5.41) is 11.1. The first-order valence-corrected chi connectivity index (χ1v) is 11.9. The molecular weight excluding hydrogens is 428 g/mol. The van der Waals surface area contributed by atoms with Crippen LogP contribution in [0.3, 0.4) is 0 Å². The Morgan fingerprint density at radius 3 is 2.70 bits per heavy atom. The highest BCUT2D eigenvalue weighted by Gasteiger charge is 2.24. The smallest absolute Gasteiger partial charge is 0.231 e. The normalized spacial score (nSPS) is 18.7. The molecular formula is C21H27ClN2O5S. The van der Waals surface area contributed by atoms with Crippen LogP contribution in [0.5, 0.6) is 5.75 Å². The van der Waals surface area contributed by atoms with Crippen LogP contribution in [-0.2, 0) is 14.8 Å². The van der Waals surface area contributed by atoms with Gasteiger partial charge in [0.05, 0.1) is 24.7 Å². The van der Waals surface area contributed by atoms with Crippen molar-refractivity contribution < 1.29 is 23.0 Å². The van der Waals surface area contributed by atoms with Crippen LogP contribution in [0.1, 0.15) is 11.7 Å². The van der Waals surface area contributed by atoms with E-state index in [1.165, 1.54) is 11.4 Å². The van der Waals surface area contributed by atoms with Crippen molar-refractivity contribution in [2.45, 2.75) is 12.2 Å². The SMILES string of the molecule is CN(c1ccc(OC[C@H](O)CN2CCO[C@H](c3cccc(Cl)c3)C2)cc1)S(C)(=O)=O. The van der Waals surface area contributed by atoms with Crippen LogP contribution in [0.4, 0.5) is 5.69 Å². The molecule has 2 aromatic rings. The summed E-state index contributed by atoms with van der Waals surface area (Å²) in [6.07, 6.45) is 0.405. The number of β-amino-alcohol motifs (C(OH)–C–C–N with tert-alkyl or cyclic N) is 1. The molecule has 1 N–H and O–H groups in total. The predicted molar refractivity (Wildman–Crippen MR) is 118 cm³/mol. The van der Waals surface area contributed by atoms with Crippen LogP contribution >= 0.6 is 11.6 Å². The standard InChI is InChI=1S/C21H27ClN2O5S/c1-23(30(2,26)27)18-6-8-20(9-7-18)29-15-19(25)13-24-10-11-28-21(14-24)16-4-3-5-17(22)12-16/h3-9,12,19,21,25H,10-11,13-15H2,1-2H3/t19-,21+/m1/s1. The Balaban J connectivity index is 1.49. The maximum atomic E-state index is 11.6. The van der Waals surface area contributed by atoms with Gasteiger partial charge in [-0.15, -0.1) is 0 Å². The number of hydrogen-bond acceptors (Lipinski definition) is 6. The van der Waals surface area contributed by atoms with Crippen LogP contribution in [0, 0.1) is 0 Å². The van der Waals surface area contributed by atoms with E-state index in [-0.39, 0.29) is 12.7 Å². The second-order valence-corrected chi connectivity index (χ2v) is 9.81. The Bertz CT molecular complexity index is 939. The molecule has 1 fully saturated rings. The van der Waals surface area contributed by atoms with Gasteiger partial charge in [0.25, 0.3) is 0 Å². The van der Waals surface area contributed by atoms with Crippen molar-refractivity contribution in [1.82, 2.24) is 4.90 Å². The zero-order valence-corrected chi connectivity index (χ0v) is 18.6. The van der Waals surface area contributed by atoms with Gasteiger partial charge in [0.15, 0.2) is 0 Å². The van der Waals surface area contributed by atoms with Gasteiger partial charge in [-0.3, -0.25) is 9.21 Å². The minimum absolute atomic E-state index is 0.0788. The van der Waals surface area contributed by atoms with E-state index in [4.69, 9.17) is 21.1 Å². The highest BCUT2D eigenvalue weighted by Crippen LogP contribution is 2.25. The monoisotopic (exact) mass is 454 g/mol. The fourth-order valence-corrected chi connectivity index (χ4v) is 3.97. The minimum Gasteiger partial charge on any atom is -0.491 e. The van der Waals surface area contributed by atoms with Crippen LogP contribution in [0.25, 0.3) is 0 Å². The second-order valence-electron chi connectivity index (χ2n) is 7.36. The molecule has 0 saturated carbocycles. The summed E-state index contributed by atoms with van der Waals surface area (Å²) in [5.41, 5.74) is 1.57. The van der Waals surface area contributed by atoms with Gasteiger partial charge in [0, 0.05) is 31.7 Å². The Labute approximate surface area is 182 Å². The summed E-state index contributed by atoms with van der Waals surface area (Å²) < 4.78 is 35.9. The fourth-order valence-electron chi connectivity index (χ4n) is 3.26. The number of ether oxygens (including phenoxy) is 2. The number of sulfonamides is 1. The molecule has 0 bridgehead atoms. The molecule has 2 atom stereocenters.